The zero-order valence-corrected chi connectivity index (χ0v) is 10.4. The summed E-state index contributed by atoms with van der Waals surface area (Å²) in [7, 11) is 0. The summed E-state index contributed by atoms with van der Waals surface area (Å²) in [4.78, 5) is 0. The molecule has 0 heterocycles. The normalized spacial score (nSPS) is 11.6. The highest BCUT2D eigenvalue weighted by atomic mass is 79.9. The molecule has 2 aromatic carbocycles. The van der Waals surface area contributed by atoms with Gasteiger partial charge in [0.2, 0.25) is 0 Å². The summed E-state index contributed by atoms with van der Waals surface area (Å²) in [5.74, 6) is 0. The molecule has 0 saturated carbocycles. The highest BCUT2D eigenvalue weighted by Crippen LogP contribution is 2.26. The Hall–Kier alpha value is -0.600. The van der Waals surface area contributed by atoms with Gasteiger partial charge in [0.1, 0.15) is 0 Å². The molecule has 2 aromatic rings. The van der Waals surface area contributed by atoms with Gasteiger partial charge in [-0.1, -0.05) is 24.3 Å². The zero-order valence-electron chi connectivity index (χ0n) is 7.22. The fraction of sp³-hybridized carbons (Fsp3) is 0. The van der Waals surface area contributed by atoms with Gasteiger partial charge in [-0.2, -0.15) is 0 Å². The summed E-state index contributed by atoms with van der Waals surface area (Å²) in [6.07, 6.45) is 0. The van der Waals surface area contributed by atoms with E-state index in [2.05, 4.69) is 68.3 Å². The van der Waals surface area contributed by atoms with E-state index in [0.29, 0.717) is 0 Å². The largest absolute Gasteiger partial charge is 0.0616 e. The van der Waals surface area contributed by atoms with Crippen molar-refractivity contribution in [1.29, 1.82) is 0 Å². The molecule has 3 rings (SSSR count). The van der Waals surface area contributed by atoms with Crippen LogP contribution >= 0.6 is 31.9 Å². The molecule has 0 fully saturated rings. The van der Waals surface area contributed by atoms with E-state index in [1.807, 2.05) is 0 Å². The minimum atomic E-state index is 1.12. The zero-order chi connectivity index (χ0) is 9.71. The van der Waals surface area contributed by atoms with Gasteiger partial charge in [-0.05, 0) is 64.9 Å². The number of hydrogen-bond acceptors (Lipinski definition) is 0. The first kappa shape index (κ1) is 8.69. The molecule has 0 nitrogen and oxygen atoms in total. The lowest BCUT2D eigenvalue weighted by Gasteiger charge is -2.05. The van der Waals surface area contributed by atoms with E-state index in [1.165, 1.54) is 20.9 Å². The predicted octanol–water partition coefficient (Wildman–Crippen LogP) is 4.10. The van der Waals surface area contributed by atoms with E-state index in [4.69, 9.17) is 0 Å². The van der Waals surface area contributed by atoms with Gasteiger partial charge >= 0.3 is 0 Å². The summed E-state index contributed by atoms with van der Waals surface area (Å²) in [6, 6.07) is 12.8. The molecule has 0 saturated heterocycles. The van der Waals surface area contributed by atoms with Crippen molar-refractivity contribution >= 4 is 31.9 Å². The van der Waals surface area contributed by atoms with Gasteiger partial charge in [0.25, 0.3) is 0 Å². The second-order valence-corrected chi connectivity index (χ2v) is 5.07. The fourth-order valence-electron chi connectivity index (χ4n) is 1.88. The summed E-state index contributed by atoms with van der Waals surface area (Å²) in [5.41, 5.74) is 0. The molecule has 1 aliphatic rings. The maximum absolute atomic E-state index is 3.52. The third kappa shape index (κ3) is 1.04. The minimum absolute atomic E-state index is 1.12. The topological polar surface area (TPSA) is 0 Å². The van der Waals surface area contributed by atoms with Crippen molar-refractivity contribution < 1.29 is 0 Å². The Balaban J connectivity index is 2.61. The molecule has 0 atom stereocenters. The molecule has 1 aliphatic carbocycles. The average molecular weight is 310 g/mol. The van der Waals surface area contributed by atoms with Crippen molar-refractivity contribution in [2.24, 2.45) is 0 Å². The van der Waals surface area contributed by atoms with Crippen LogP contribution in [-0.4, -0.2) is 0 Å². The van der Waals surface area contributed by atoms with Crippen LogP contribution in [0.2, 0.25) is 0 Å². The Bertz CT molecular complexity index is 640. The van der Waals surface area contributed by atoms with Crippen LogP contribution in [0.5, 0.6) is 0 Å². The number of benzene rings is 2. The van der Waals surface area contributed by atoms with Crippen molar-refractivity contribution in [2.45, 2.75) is 0 Å². The highest BCUT2D eigenvalue weighted by molar-refractivity contribution is 9.13. The van der Waals surface area contributed by atoms with E-state index in [1.54, 1.807) is 0 Å². The van der Waals surface area contributed by atoms with Crippen LogP contribution in [0.15, 0.2) is 45.3 Å². The number of halogens is 2. The molecule has 0 bridgehead atoms. The summed E-state index contributed by atoms with van der Waals surface area (Å²) < 4.78 is 2.23. The van der Waals surface area contributed by atoms with Gasteiger partial charge in [-0.15, -0.1) is 0 Å². The van der Waals surface area contributed by atoms with Crippen molar-refractivity contribution in [3.63, 3.8) is 0 Å². The van der Waals surface area contributed by atoms with Crippen LogP contribution in [0.1, 0.15) is 0 Å². The molecular weight excluding hydrogens is 304 g/mol. The van der Waals surface area contributed by atoms with Gasteiger partial charge in [0, 0.05) is 8.95 Å². The van der Waals surface area contributed by atoms with Crippen LogP contribution in [0.25, 0.3) is 0 Å². The molecule has 0 spiro atoms. The Kier molecular flexibility index (Phi) is 1.83. The fourth-order valence-corrected chi connectivity index (χ4v) is 2.57. The smallest absolute Gasteiger partial charge is 0.0324 e. The van der Waals surface area contributed by atoms with Crippen LogP contribution in [-0.2, 0) is 0 Å². The highest BCUT2D eigenvalue weighted by Gasteiger charge is 2.04. The molecular formula is C12H6Br2. The van der Waals surface area contributed by atoms with Gasteiger partial charge < -0.3 is 0 Å². The second-order valence-electron chi connectivity index (χ2n) is 3.36. The van der Waals surface area contributed by atoms with E-state index < -0.39 is 0 Å². The first-order chi connectivity index (χ1) is 6.77. The van der Waals surface area contributed by atoms with E-state index in [-0.39, 0.29) is 0 Å². The SMILES string of the molecule is Brc1cc2c(cc1Br)=c1ccccc1=2. The van der Waals surface area contributed by atoms with E-state index in [9.17, 15) is 0 Å². The average Bonchev–Trinajstić information content (AvgIpc) is 2.21. The van der Waals surface area contributed by atoms with Crippen molar-refractivity contribution in [2.75, 3.05) is 0 Å². The first-order valence-corrected chi connectivity index (χ1v) is 5.95. The van der Waals surface area contributed by atoms with Crippen LogP contribution in [0.4, 0.5) is 0 Å². The third-order valence-electron chi connectivity index (χ3n) is 2.57. The molecule has 2 heteroatoms. The van der Waals surface area contributed by atoms with Gasteiger partial charge in [0.15, 0.2) is 0 Å². The number of rotatable bonds is 0. The Morgan fingerprint density at radius 1 is 0.643 bits per heavy atom. The molecule has 0 aromatic heterocycles. The molecule has 0 N–H and O–H groups in total. The monoisotopic (exact) mass is 308 g/mol. The summed E-state index contributed by atoms with van der Waals surface area (Å²) >= 11 is 7.04. The lowest BCUT2D eigenvalue weighted by molar-refractivity contribution is 1.27. The van der Waals surface area contributed by atoms with Gasteiger partial charge in [0.05, 0.1) is 0 Å². The lowest BCUT2D eigenvalue weighted by Crippen LogP contribution is -1.91. The Morgan fingerprint density at radius 2 is 1.07 bits per heavy atom. The minimum Gasteiger partial charge on any atom is -0.0616 e. The van der Waals surface area contributed by atoms with Crippen molar-refractivity contribution in [3.8, 4) is 0 Å². The molecule has 0 aliphatic heterocycles. The van der Waals surface area contributed by atoms with Gasteiger partial charge in [-0.3, -0.25) is 0 Å². The summed E-state index contributed by atoms with van der Waals surface area (Å²) in [5, 5.41) is 5.40. The second kappa shape index (κ2) is 2.94. The van der Waals surface area contributed by atoms with Crippen LogP contribution < -0.4 is 0 Å². The third-order valence-corrected chi connectivity index (χ3v) is 4.41. The Labute approximate surface area is 97.8 Å². The maximum atomic E-state index is 3.52. The molecule has 68 valence electrons. The number of fused-ring (bicyclic) bond motifs is 2. The standard InChI is InChI=1S/C12H6Br2/c13-11-5-9-7-3-1-2-4-8(7)10(9)6-12(11)14/h1-6H. The van der Waals surface area contributed by atoms with Crippen molar-refractivity contribution in [1.82, 2.24) is 0 Å². The Morgan fingerprint density at radius 3 is 1.50 bits per heavy atom. The van der Waals surface area contributed by atoms with Crippen LogP contribution in [0.3, 0.4) is 0 Å². The lowest BCUT2D eigenvalue weighted by atomic mass is 10.0. The number of hydrogen-bond donors (Lipinski definition) is 0. The quantitative estimate of drug-likeness (QED) is 0.586. The van der Waals surface area contributed by atoms with E-state index in [0.717, 1.165) is 8.95 Å². The van der Waals surface area contributed by atoms with E-state index >= 15 is 0 Å². The van der Waals surface area contributed by atoms with Gasteiger partial charge in [-0.25, -0.2) is 0 Å². The maximum Gasteiger partial charge on any atom is 0.0324 e. The first-order valence-electron chi connectivity index (χ1n) is 4.36. The molecule has 0 amide bonds. The predicted molar refractivity (Wildman–Crippen MR) is 63.6 cm³/mol. The molecule has 0 radical (unpaired) electrons. The molecule has 0 unspecified atom stereocenters. The summed E-state index contributed by atoms with van der Waals surface area (Å²) in [6.45, 7) is 0. The van der Waals surface area contributed by atoms with Crippen molar-refractivity contribution in [3.05, 3.63) is 66.2 Å². The molecule has 14 heavy (non-hydrogen) atoms. The van der Waals surface area contributed by atoms with Crippen LogP contribution in [0, 0.1) is 20.9 Å².